The van der Waals surface area contributed by atoms with E-state index in [1.54, 1.807) is 0 Å². The van der Waals surface area contributed by atoms with Gasteiger partial charge in [-0.3, -0.25) is 4.98 Å². The van der Waals surface area contributed by atoms with Crippen LogP contribution in [0.2, 0.25) is 0 Å². The number of rotatable bonds is 4. The molecule has 0 aromatic carbocycles. The summed E-state index contributed by atoms with van der Waals surface area (Å²) in [4.78, 5) is 4.30. The molecular formula is C11H18N2. The molecule has 1 heterocycles. The highest BCUT2D eigenvalue weighted by Gasteiger charge is 2.07. The van der Waals surface area contributed by atoms with Gasteiger partial charge in [-0.25, -0.2) is 0 Å². The standard InChI is InChI=1S/C11H18N2/c1-4-9(2)13-10(3)11-7-5-6-8-12-11/h5-10,13H,4H2,1-3H3. The molecule has 0 saturated heterocycles. The van der Waals surface area contributed by atoms with Gasteiger partial charge in [-0.2, -0.15) is 0 Å². The van der Waals surface area contributed by atoms with E-state index in [9.17, 15) is 0 Å². The normalized spacial score (nSPS) is 15.3. The van der Waals surface area contributed by atoms with Gasteiger partial charge in [0.15, 0.2) is 0 Å². The van der Waals surface area contributed by atoms with Crippen LogP contribution in [-0.2, 0) is 0 Å². The van der Waals surface area contributed by atoms with Crippen LogP contribution in [0.4, 0.5) is 0 Å². The summed E-state index contributed by atoms with van der Waals surface area (Å²) < 4.78 is 0. The zero-order valence-electron chi connectivity index (χ0n) is 8.62. The number of nitrogens with zero attached hydrogens (tertiary/aromatic N) is 1. The van der Waals surface area contributed by atoms with Gasteiger partial charge >= 0.3 is 0 Å². The summed E-state index contributed by atoms with van der Waals surface area (Å²) in [6, 6.07) is 6.92. The van der Waals surface area contributed by atoms with Gasteiger partial charge in [0.2, 0.25) is 0 Å². The lowest BCUT2D eigenvalue weighted by Crippen LogP contribution is -2.28. The predicted octanol–water partition coefficient (Wildman–Crippen LogP) is 2.53. The minimum Gasteiger partial charge on any atom is -0.306 e. The lowest BCUT2D eigenvalue weighted by Gasteiger charge is -2.17. The fourth-order valence-electron chi connectivity index (χ4n) is 1.26. The molecular weight excluding hydrogens is 160 g/mol. The molecule has 1 aromatic rings. The number of nitrogens with one attached hydrogen (secondary N) is 1. The van der Waals surface area contributed by atoms with Gasteiger partial charge in [0.05, 0.1) is 5.69 Å². The SMILES string of the molecule is CCC(C)NC(C)c1ccccn1. The van der Waals surface area contributed by atoms with E-state index in [-0.39, 0.29) is 0 Å². The molecule has 0 bridgehead atoms. The number of hydrogen-bond donors (Lipinski definition) is 1. The molecule has 1 aromatic heterocycles. The summed E-state index contributed by atoms with van der Waals surface area (Å²) in [7, 11) is 0. The zero-order chi connectivity index (χ0) is 9.68. The first-order valence-corrected chi connectivity index (χ1v) is 4.91. The van der Waals surface area contributed by atoms with Crippen molar-refractivity contribution in [3.05, 3.63) is 30.1 Å². The third-order valence-corrected chi connectivity index (χ3v) is 2.28. The van der Waals surface area contributed by atoms with Crippen molar-refractivity contribution in [3.8, 4) is 0 Å². The van der Waals surface area contributed by atoms with E-state index in [4.69, 9.17) is 0 Å². The average molecular weight is 178 g/mol. The summed E-state index contributed by atoms with van der Waals surface area (Å²) in [5.74, 6) is 0. The molecule has 0 radical (unpaired) electrons. The fourth-order valence-corrected chi connectivity index (χ4v) is 1.26. The number of aromatic nitrogens is 1. The van der Waals surface area contributed by atoms with Crippen LogP contribution in [-0.4, -0.2) is 11.0 Å². The van der Waals surface area contributed by atoms with E-state index in [0.29, 0.717) is 12.1 Å². The molecule has 2 unspecified atom stereocenters. The molecule has 1 N–H and O–H groups in total. The second-order valence-electron chi connectivity index (χ2n) is 3.45. The van der Waals surface area contributed by atoms with Crippen LogP contribution in [0.5, 0.6) is 0 Å². The predicted molar refractivity (Wildman–Crippen MR) is 55.5 cm³/mol. The van der Waals surface area contributed by atoms with Crippen LogP contribution < -0.4 is 5.32 Å². The van der Waals surface area contributed by atoms with Gasteiger partial charge in [0.25, 0.3) is 0 Å². The summed E-state index contributed by atoms with van der Waals surface area (Å²) in [5.41, 5.74) is 1.11. The molecule has 2 atom stereocenters. The lowest BCUT2D eigenvalue weighted by molar-refractivity contribution is 0.462. The van der Waals surface area contributed by atoms with Crippen molar-refractivity contribution in [1.82, 2.24) is 10.3 Å². The van der Waals surface area contributed by atoms with Crippen molar-refractivity contribution in [1.29, 1.82) is 0 Å². The largest absolute Gasteiger partial charge is 0.306 e. The molecule has 0 aliphatic carbocycles. The van der Waals surface area contributed by atoms with Gasteiger partial charge in [0.1, 0.15) is 0 Å². The molecule has 1 rings (SSSR count). The molecule has 0 saturated carbocycles. The smallest absolute Gasteiger partial charge is 0.0570 e. The van der Waals surface area contributed by atoms with Gasteiger partial charge in [-0.05, 0) is 32.4 Å². The third-order valence-electron chi connectivity index (χ3n) is 2.28. The first kappa shape index (κ1) is 10.2. The Morgan fingerprint density at radius 1 is 1.38 bits per heavy atom. The Labute approximate surface area is 80.4 Å². The molecule has 13 heavy (non-hydrogen) atoms. The van der Waals surface area contributed by atoms with Gasteiger partial charge in [-0.1, -0.05) is 13.0 Å². The summed E-state index contributed by atoms with van der Waals surface area (Å²) >= 11 is 0. The van der Waals surface area contributed by atoms with Crippen LogP contribution in [0.1, 0.15) is 38.9 Å². The second-order valence-corrected chi connectivity index (χ2v) is 3.45. The van der Waals surface area contributed by atoms with Crippen molar-refractivity contribution in [3.63, 3.8) is 0 Å². The summed E-state index contributed by atoms with van der Waals surface area (Å²) in [6.45, 7) is 6.52. The quantitative estimate of drug-likeness (QED) is 0.766. The Bertz CT molecular complexity index is 233. The maximum atomic E-state index is 4.30. The minimum atomic E-state index is 0.344. The van der Waals surface area contributed by atoms with Crippen LogP contribution >= 0.6 is 0 Å². The first-order chi connectivity index (χ1) is 6.24. The van der Waals surface area contributed by atoms with Gasteiger partial charge in [0, 0.05) is 18.3 Å². The zero-order valence-corrected chi connectivity index (χ0v) is 8.62. The van der Waals surface area contributed by atoms with Crippen LogP contribution in [0, 0.1) is 0 Å². The molecule has 0 aliphatic heterocycles. The van der Waals surface area contributed by atoms with Crippen LogP contribution in [0.3, 0.4) is 0 Å². The molecule has 0 amide bonds. The van der Waals surface area contributed by atoms with E-state index in [1.807, 2.05) is 18.3 Å². The molecule has 0 spiro atoms. The van der Waals surface area contributed by atoms with E-state index in [2.05, 4.69) is 37.1 Å². The summed E-state index contributed by atoms with van der Waals surface area (Å²) in [6.07, 6.45) is 2.99. The molecule has 2 nitrogen and oxygen atoms in total. The van der Waals surface area contributed by atoms with Crippen molar-refractivity contribution >= 4 is 0 Å². The second kappa shape index (κ2) is 4.97. The monoisotopic (exact) mass is 178 g/mol. The van der Waals surface area contributed by atoms with Crippen LogP contribution in [0.15, 0.2) is 24.4 Å². The van der Waals surface area contributed by atoms with E-state index in [1.165, 1.54) is 0 Å². The van der Waals surface area contributed by atoms with E-state index in [0.717, 1.165) is 12.1 Å². The first-order valence-electron chi connectivity index (χ1n) is 4.91. The van der Waals surface area contributed by atoms with Gasteiger partial charge < -0.3 is 5.32 Å². The Hall–Kier alpha value is -0.890. The van der Waals surface area contributed by atoms with Crippen molar-refractivity contribution in [2.45, 2.75) is 39.3 Å². The maximum Gasteiger partial charge on any atom is 0.0570 e. The molecule has 72 valence electrons. The van der Waals surface area contributed by atoms with E-state index < -0.39 is 0 Å². The highest BCUT2D eigenvalue weighted by molar-refractivity contribution is 5.07. The van der Waals surface area contributed by atoms with Crippen LogP contribution in [0.25, 0.3) is 0 Å². The van der Waals surface area contributed by atoms with E-state index >= 15 is 0 Å². The molecule has 0 fully saturated rings. The Kier molecular flexibility index (Phi) is 3.90. The third kappa shape index (κ3) is 3.15. The molecule has 2 heteroatoms. The Morgan fingerprint density at radius 3 is 2.69 bits per heavy atom. The number of hydrogen-bond acceptors (Lipinski definition) is 2. The maximum absolute atomic E-state index is 4.30. The minimum absolute atomic E-state index is 0.344. The highest BCUT2D eigenvalue weighted by atomic mass is 15.0. The lowest BCUT2D eigenvalue weighted by atomic mass is 10.1. The average Bonchev–Trinajstić information content (AvgIpc) is 2.19. The van der Waals surface area contributed by atoms with Gasteiger partial charge in [-0.15, -0.1) is 0 Å². The molecule has 0 aliphatic rings. The highest BCUT2D eigenvalue weighted by Crippen LogP contribution is 2.09. The fraction of sp³-hybridized carbons (Fsp3) is 0.545. The Balaban J connectivity index is 2.53. The Morgan fingerprint density at radius 2 is 2.15 bits per heavy atom. The topological polar surface area (TPSA) is 24.9 Å². The van der Waals surface area contributed by atoms with Crippen molar-refractivity contribution < 1.29 is 0 Å². The van der Waals surface area contributed by atoms with Crippen molar-refractivity contribution in [2.24, 2.45) is 0 Å². The number of pyridine rings is 1. The van der Waals surface area contributed by atoms with Crippen molar-refractivity contribution in [2.75, 3.05) is 0 Å². The summed E-state index contributed by atoms with van der Waals surface area (Å²) in [5, 5.41) is 3.48.